The zero-order valence-electron chi connectivity index (χ0n) is 29.3. The maximum atomic E-state index is 17.1. The fourth-order valence-electron chi connectivity index (χ4n) is 8.41. The van der Waals surface area contributed by atoms with Gasteiger partial charge in [-0.05, 0) is 62.7 Å². The molecule has 3 saturated heterocycles. The summed E-state index contributed by atoms with van der Waals surface area (Å²) in [6.45, 7) is 3.77. The van der Waals surface area contributed by atoms with Crippen molar-refractivity contribution in [3.05, 3.63) is 41.5 Å². The molecule has 12 nitrogen and oxygen atoms in total. The van der Waals surface area contributed by atoms with Crippen molar-refractivity contribution in [1.29, 1.82) is 0 Å². The second-order valence-corrected chi connectivity index (χ2v) is 14.2. The SMILES string of the molecule is C#Cc1c(F)ccc2cc(O)cc(-c3nc4c5c(nc(OC[C@@]67CCCN6[C@H](COC(=O)N(C)C(F)(F)F)CC7)nc5c3F)N3CCN[C@@H](C)[C@H]3CO4)c12. The number of phenols is 1. The number of anilines is 1. The monoisotopic (exact) mass is 753 g/mol. The predicted octanol–water partition coefficient (Wildman–Crippen LogP) is 5.33. The average Bonchev–Trinajstić information content (AvgIpc) is 3.66. The predicted molar refractivity (Wildman–Crippen MR) is 186 cm³/mol. The van der Waals surface area contributed by atoms with Gasteiger partial charge < -0.3 is 29.5 Å². The van der Waals surface area contributed by atoms with Crippen molar-refractivity contribution in [2.75, 3.05) is 51.4 Å². The van der Waals surface area contributed by atoms with Gasteiger partial charge in [0, 0.05) is 43.2 Å². The molecule has 2 N–H and O–H groups in total. The molecule has 4 aliphatic rings. The molecule has 0 unspecified atom stereocenters. The molecule has 54 heavy (non-hydrogen) atoms. The number of carbonyl (C=O) groups is 1. The molecule has 6 heterocycles. The van der Waals surface area contributed by atoms with E-state index in [1.54, 1.807) is 0 Å². The molecule has 8 rings (SSSR count). The lowest BCUT2D eigenvalue weighted by atomic mass is 9.95. The second kappa shape index (κ2) is 13.3. The van der Waals surface area contributed by atoms with Gasteiger partial charge in [0.05, 0.1) is 17.1 Å². The van der Waals surface area contributed by atoms with Crippen LogP contribution in [-0.2, 0) is 4.74 Å². The molecular weight excluding hydrogens is 717 g/mol. The summed E-state index contributed by atoms with van der Waals surface area (Å²) >= 11 is 0. The van der Waals surface area contributed by atoms with Gasteiger partial charge in [0.1, 0.15) is 53.8 Å². The standard InChI is InChI=1S/C37H36F5N7O5/c1-4-23-25(38)7-6-20-14-22(50)15-24(27(20)23)30-29(39)31-28-32(48-13-11-43-19(2)26(48)17-52-33(28)44-30)46-34(45-31)54-18-36-9-5-12-49(36)21(8-10-36)16-53-35(51)47(3)37(40,41)42/h1,6-7,14-15,19,21,26,43,50H,5,8-13,16-18H2,2-3H3/t19-,21-,26+,36-/m0/s1. The largest absolute Gasteiger partial charge is 0.508 e. The molecule has 4 aliphatic heterocycles. The summed E-state index contributed by atoms with van der Waals surface area (Å²) in [6.07, 6.45) is 2.03. The van der Waals surface area contributed by atoms with E-state index in [9.17, 15) is 23.1 Å². The summed E-state index contributed by atoms with van der Waals surface area (Å²) in [5.41, 5.74) is -1.07. The number of hydrogen-bond acceptors (Lipinski definition) is 11. The first kappa shape index (κ1) is 35.8. The number of pyridine rings is 1. The molecule has 0 saturated carbocycles. The first-order valence-corrected chi connectivity index (χ1v) is 17.6. The molecule has 3 fully saturated rings. The van der Waals surface area contributed by atoms with E-state index in [1.807, 2.05) is 11.8 Å². The van der Waals surface area contributed by atoms with E-state index in [-0.39, 0.29) is 88.7 Å². The van der Waals surface area contributed by atoms with Crippen LogP contribution in [-0.4, -0.2) is 112 Å². The Bertz CT molecular complexity index is 2220. The average molecular weight is 754 g/mol. The summed E-state index contributed by atoms with van der Waals surface area (Å²) in [5, 5.41) is 14.9. The molecule has 1 amide bonds. The number of ether oxygens (including phenoxy) is 3. The van der Waals surface area contributed by atoms with Crippen LogP contribution in [0.15, 0.2) is 24.3 Å². The van der Waals surface area contributed by atoms with Crippen molar-refractivity contribution in [2.45, 2.75) is 62.6 Å². The van der Waals surface area contributed by atoms with Gasteiger partial charge in [-0.2, -0.15) is 9.97 Å². The third kappa shape index (κ3) is 5.91. The number of terminal acetylenes is 1. The number of rotatable bonds is 6. The van der Waals surface area contributed by atoms with Gasteiger partial charge in [-0.15, -0.1) is 19.6 Å². The number of fused-ring (bicyclic) bond motifs is 4. The number of hydrogen-bond donors (Lipinski definition) is 2. The molecule has 284 valence electrons. The van der Waals surface area contributed by atoms with Crippen molar-refractivity contribution in [3.63, 3.8) is 0 Å². The summed E-state index contributed by atoms with van der Waals surface area (Å²) in [7, 11) is 0.615. The molecule has 0 radical (unpaired) electrons. The lowest BCUT2D eigenvalue weighted by Gasteiger charge is -2.40. The summed E-state index contributed by atoms with van der Waals surface area (Å²) in [5.74, 6) is 0.942. The Balaban J connectivity index is 1.18. The van der Waals surface area contributed by atoms with Crippen LogP contribution in [0.1, 0.15) is 38.2 Å². The number of nitrogens with zero attached hydrogens (tertiary/aromatic N) is 6. The number of aromatic nitrogens is 3. The van der Waals surface area contributed by atoms with E-state index in [0.717, 1.165) is 6.42 Å². The zero-order valence-corrected chi connectivity index (χ0v) is 29.3. The molecule has 0 aliphatic carbocycles. The van der Waals surface area contributed by atoms with Gasteiger partial charge in [-0.1, -0.05) is 12.0 Å². The Kier molecular flexibility index (Phi) is 8.80. The van der Waals surface area contributed by atoms with E-state index in [4.69, 9.17) is 25.6 Å². The number of piperazine rings is 1. The summed E-state index contributed by atoms with van der Waals surface area (Å²) < 4.78 is 88.9. The highest BCUT2D eigenvalue weighted by Gasteiger charge is 2.51. The van der Waals surface area contributed by atoms with Crippen molar-refractivity contribution < 1.29 is 46.1 Å². The molecule has 17 heteroatoms. The number of aromatic hydroxyl groups is 1. The van der Waals surface area contributed by atoms with E-state index >= 15 is 8.78 Å². The zero-order chi connectivity index (χ0) is 38.1. The van der Waals surface area contributed by atoms with Crippen LogP contribution in [0.4, 0.5) is 32.6 Å². The third-order valence-corrected chi connectivity index (χ3v) is 11.2. The highest BCUT2D eigenvalue weighted by atomic mass is 19.4. The fourth-order valence-corrected chi connectivity index (χ4v) is 8.41. The van der Waals surface area contributed by atoms with Crippen molar-refractivity contribution in [1.82, 2.24) is 30.1 Å². The normalized spacial score (nSPS) is 23.7. The molecule has 4 atom stereocenters. The number of amides is 1. The van der Waals surface area contributed by atoms with Gasteiger partial charge in [0.25, 0.3) is 0 Å². The van der Waals surface area contributed by atoms with Crippen molar-refractivity contribution in [2.24, 2.45) is 0 Å². The van der Waals surface area contributed by atoms with Crippen molar-refractivity contribution in [3.8, 4) is 41.2 Å². The maximum Gasteiger partial charge on any atom is 0.489 e. The number of nitrogens with one attached hydrogen (secondary N) is 1. The van der Waals surface area contributed by atoms with E-state index in [0.29, 0.717) is 57.1 Å². The molecule has 2 aromatic heterocycles. The second-order valence-electron chi connectivity index (χ2n) is 14.2. The topological polar surface area (TPSA) is 125 Å². The number of halogens is 5. The quantitative estimate of drug-likeness (QED) is 0.151. The van der Waals surface area contributed by atoms with Gasteiger partial charge >= 0.3 is 18.4 Å². The van der Waals surface area contributed by atoms with Crippen LogP contribution in [0, 0.1) is 24.0 Å². The lowest BCUT2D eigenvalue weighted by Crippen LogP contribution is -2.59. The minimum Gasteiger partial charge on any atom is -0.508 e. The van der Waals surface area contributed by atoms with Crippen LogP contribution < -0.4 is 19.7 Å². The van der Waals surface area contributed by atoms with Crippen LogP contribution in [0.5, 0.6) is 17.6 Å². The Hall–Kier alpha value is -5.21. The highest BCUT2D eigenvalue weighted by Crippen LogP contribution is 2.45. The number of alkyl halides is 3. The smallest absolute Gasteiger partial charge is 0.489 e. The van der Waals surface area contributed by atoms with E-state index in [1.165, 1.54) is 24.3 Å². The van der Waals surface area contributed by atoms with Gasteiger partial charge in [0.2, 0.25) is 5.88 Å². The van der Waals surface area contributed by atoms with Crippen LogP contribution in [0.2, 0.25) is 0 Å². The van der Waals surface area contributed by atoms with E-state index < -0.39 is 34.5 Å². The Labute approximate surface area is 306 Å². The Morgan fingerprint density at radius 3 is 2.78 bits per heavy atom. The maximum absolute atomic E-state index is 17.1. The Morgan fingerprint density at radius 1 is 1.19 bits per heavy atom. The van der Waals surface area contributed by atoms with Crippen LogP contribution >= 0.6 is 0 Å². The van der Waals surface area contributed by atoms with Gasteiger partial charge in [0.15, 0.2) is 5.82 Å². The Morgan fingerprint density at radius 2 is 2.00 bits per heavy atom. The third-order valence-electron chi connectivity index (χ3n) is 11.2. The van der Waals surface area contributed by atoms with Crippen LogP contribution in [0.3, 0.4) is 0 Å². The number of phenolic OH excluding ortho intramolecular Hbond substituents is 1. The van der Waals surface area contributed by atoms with Crippen LogP contribution in [0.25, 0.3) is 32.9 Å². The molecule has 2 aromatic carbocycles. The molecule has 4 aromatic rings. The highest BCUT2D eigenvalue weighted by molar-refractivity contribution is 6.04. The fraction of sp³-hybridized carbons (Fsp3) is 0.459. The molecular formula is C37H36F5N7O5. The summed E-state index contributed by atoms with van der Waals surface area (Å²) in [6, 6.07) is 4.54. The first-order valence-electron chi connectivity index (χ1n) is 17.6. The number of carbonyl (C=O) groups excluding carboxylic acids is 1. The summed E-state index contributed by atoms with van der Waals surface area (Å²) in [4.78, 5) is 29.8. The number of benzene rings is 2. The van der Waals surface area contributed by atoms with E-state index in [2.05, 4.69) is 26.1 Å². The minimum atomic E-state index is -4.86. The van der Waals surface area contributed by atoms with Gasteiger partial charge in [-0.3, -0.25) is 4.90 Å². The first-order chi connectivity index (χ1) is 25.8. The minimum absolute atomic E-state index is 0.0379. The molecule has 0 spiro atoms. The van der Waals surface area contributed by atoms with Crippen molar-refractivity contribution >= 4 is 33.6 Å². The molecule has 0 bridgehead atoms. The van der Waals surface area contributed by atoms with Gasteiger partial charge in [-0.25, -0.2) is 23.5 Å². The lowest BCUT2D eigenvalue weighted by molar-refractivity contribution is -0.222.